The lowest BCUT2D eigenvalue weighted by molar-refractivity contribution is -0.116. The van der Waals surface area contributed by atoms with E-state index in [4.69, 9.17) is 25.8 Å². The lowest BCUT2D eigenvalue weighted by Crippen LogP contribution is -2.23. The number of nitrogens with one attached hydrogen (secondary N) is 1. The minimum Gasteiger partial charge on any atom is -0.493 e. The fourth-order valence-corrected chi connectivity index (χ4v) is 5.34. The minimum absolute atomic E-state index is 0.137. The van der Waals surface area contributed by atoms with Gasteiger partial charge in [0.1, 0.15) is 4.88 Å². The zero-order valence-corrected chi connectivity index (χ0v) is 19.1. The number of carbonyl (C=O) groups is 2. The number of benzene rings is 2. The molecule has 7 nitrogen and oxygen atoms in total. The molecule has 32 heavy (non-hydrogen) atoms. The van der Waals surface area contributed by atoms with Crippen LogP contribution in [0.3, 0.4) is 0 Å². The predicted molar refractivity (Wildman–Crippen MR) is 123 cm³/mol. The molecule has 166 valence electrons. The van der Waals surface area contributed by atoms with Crippen molar-refractivity contribution in [1.82, 2.24) is 0 Å². The number of fused-ring (bicyclic) bond motifs is 1. The van der Waals surface area contributed by atoms with Crippen molar-refractivity contribution in [3.63, 3.8) is 0 Å². The van der Waals surface area contributed by atoms with Crippen molar-refractivity contribution in [3.8, 4) is 28.4 Å². The summed E-state index contributed by atoms with van der Waals surface area (Å²) in [5.41, 5.74) is 2.33. The standard InChI is InChI=1S/C23H20ClNO6S/c1-29-15-9-8-13(19(30-2)20(15)31-3)14-10-16(26)25-18-17(11-4-6-12(24)7-5-11)22(23(27)28)32-21(14)18/h4-9,14H,10H2,1-3H3,(H,25,26)(H,27,28). The smallest absolute Gasteiger partial charge is 0.346 e. The number of thiophene rings is 1. The van der Waals surface area contributed by atoms with Crippen molar-refractivity contribution in [1.29, 1.82) is 0 Å². The van der Waals surface area contributed by atoms with Gasteiger partial charge in [-0.05, 0) is 23.8 Å². The van der Waals surface area contributed by atoms with Gasteiger partial charge >= 0.3 is 5.97 Å². The molecule has 1 aliphatic heterocycles. The highest BCUT2D eigenvalue weighted by Gasteiger charge is 2.36. The van der Waals surface area contributed by atoms with Gasteiger partial charge in [0.15, 0.2) is 11.5 Å². The van der Waals surface area contributed by atoms with E-state index in [1.165, 1.54) is 21.3 Å². The van der Waals surface area contributed by atoms with Gasteiger partial charge in [0.2, 0.25) is 11.7 Å². The average Bonchev–Trinajstić information content (AvgIpc) is 3.17. The van der Waals surface area contributed by atoms with Crippen molar-refractivity contribution >= 4 is 40.5 Å². The van der Waals surface area contributed by atoms with Gasteiger partial charge < -0.3 is 24.6 Å². The number of halogens is 1. The van der Waals surface area contributed by atoms with Crippen LogP contribution < -0.4 is 19.5 Å². The zero-order chi connectivity index (χ0) is 23.0. The Labute approximate surface area is 193 Å². The first-order valence-electron chi connectivity index (χ1n) is 9.64. The van der Waals surface area contributed by atoms with Gasteiger partial charge in [0, 0.05) is 33.4 Å². The summed E-state index contributed by atoms with van der Waals surface area (Å²) in [6, 6.07) is 10.4. The second kappa shape index (κ2) is 8.72. The van der Waals surface area contributed by atoms with Crippen molar-refractivity contribution in [2.24, 2.45) is 0 Å². The molecule has 2 N–H and O–H groups in total. The van der Waals surface area contributed by atoms with Crippen LogP contribution in [0.1, 0.15) is 32.5 Å². The first kappa shape index (κ1) is 22.0. The van der Waals surface area contributed by atoms with Crippen LogP contribution in [0.15, 0.2) is 36.4 Å². The summed E-state index contributed by atoms with van der Waals surface area (Å²) in [5.74, 6) is -0.361. The van der Waals surface area contributed by atoms with Crippen LogP contribution in [-0.4, -0.2) is 38.3 Å². The molecule has 0 radical (unpaired) electrons. The average molecular weight is 474 g/mol. The molecule has 0 saturated carbocycles. The number of hydrogen-bond acceptors (Lipinski definition) is 6. The maximum atomic E-state index is 12.7. The molecule has 2 heterocycles. The number of anilines is 1. The van der Waals surface area contributed by atoms with Crippen LogP contribution >= 0.6 is 22.9 Å². The minimum atomic E-state index is -1.07. The molecule has 0 saturated heterocycles. The van der Waals surface area contributed by atoms with Gasteiger partial charge in [-0.15, -0.1) is 11.3 Å². The quantitative estimate of drug-likeness (QED) is 0.506. The molecule has 2 aromatic carbocycles. The first-order chi connectivity index (χ1) is 15.4. The number of carboxylic acids is 1. The van der Waals surface area contributed by atoms with E-state index in [1.54, 1.807) is 30.3 Å². The Hall–Kier alpha value is -3.23. The maximum Gasteiger partial charge on any atom is 0.346 e. The first-order valence-corrected chi connectivity index (χ1v) is 10.8. The molecular weight excluding hydrogens is 454 g/mol. The largest absolute Gasteiger partial charge is 0.493 e. The van der Waals surface area contributed by atoms with Gasteiger partial charge in [-0.25, -0.2) is 4.79 Å². The lowest BCUT2D eigenvalue weighted by atomic mass is 9.87. The third kappa shape index (κ3) is 3.65. The summed E-state index contributed by atoms with van der Waals surface area (Å²) >= 11 is 7.15. The fraction of sp³-hybridized carbons (Fsp3) is 0.217. The normalized spacial score (nSPS) is 15.0. The van der Waals surface area contributed by atoms with Crippen molar-refractivity contribution in [3.05, 3.63) is 56.7 Å². The van der Waals surface area contributed by atoms with Crippen molar-refractivity contribution < 1.29 is 28.9 Å². The van der Waals surface area contributed by atoms with Crippen LogP contribution in [0.5, 0.6) is 17.2 Å². The Morgan fingerprint density at radius 3 is 2.34 bits per heavy atom. The molecule has 3 aromatic rings. The molecule has 0 bridgehead atoms. The number of carbonyl (C=O) groups excluding carboxylic acids is 1. The van der Waals surface area contributed by atoms with Crippen LogP contribution in [-0.2, 0) is 4.79 Å². The molecule has 1 amide bonds. The number of ether oxygens (including phenoxy) is 3. The van der Waals surface area contributed by atoms with Crippen LogP contribution in [0, 0.1) is 0 Å². The van der Waals surface area contributed by atoms with Crippen LogP contribution in [0.25, 0.3) is 11.1 Å². The molecule has 1 aliphatic rings. The Bertz CT molecular complexity index is 1200. The summed E-state index contributed by atoms with van der Waals surface area (Å²) < 4.78 is 16.5. The summed E-state index contributed by atoms with van der Waals surface area (Å²) in [5, 5.41) is 13.3. The van der Waals surface area contributed by atoms with Crippen LogP contribution in [0.2, 0.25) is 5.02 Å². The van der Waals surface area contributed by atoms with Crippen LogP contribution in [0.4, 0.5) is 5.69 Å². The fourth-order valence-electron chi connectivity index (χ4n) is 3.98. The third-order valence-corrected chi connectivity index (χ3v) is 6.89. The zero-order valence-electron chi connectivity index (χ0n) is 17.5. The summed E-state index contributed by atoms with van der Waals surface area (Å²) in [6.45, 7) is 0. The van der Waals surface area contributed by atoms with Crippen molar-refractivity contribution in [2.45, 2.75) is 12.3 Å². The van der Waals surface area contributed by atoms with Gasteiger partial charge in [0.25, 0.3) is 0 Å². The molecular formula is C23H20ClNO6S. The molecule has 0 spiro atoms. The maximum absolute atomic E-state index is 12.7. The van der Waals surface area contributed by atoms with Crippen molar-refractivity contribution in [2.75, 3.05) is 26.6 Å². The van der Waals surface area contributed by atoms with Gasteiger partial charge in [-0.2, -0.15) is 0 Å². The molecule has 1 unspecified atom stereocenters. The van der Waals surface area contributed by atoms with E-state index in [-0.39, 0.29) is 17.2 Å². The molecule has 0 aliphatic carbocycles. The molecule has 9 heteroatoms. The number of carboxylic acid groups (broad SMARTS) is 1. The van der Waals surface area contributed by atoms with E-state index in [1.807, 2.05) is 6.07 Å². The summed E-state index contributed by atoms with van der Waals surface area (Å²) in [6.07, 6.45) is 0.137. The Kier molecular flexibility index (Phi) is 5.99. The molecule has 1 atom stereocenters. The number of hydrogen-bond donors (Lipinski definition) is 2. The molecule has 0 fully saturated rings. The Morgan fingerprint density at radius 1 is 1.06 bits per heavy atom. The van der Waals surface area contributed by atoms with E-state index in [0.717, 1.165) is 16.2 Å². The molecule has 4 rings (SSSR count). The Morgan fingerprint density at radius 2 is 1.75 bits per heavy atom. The van der Waals surface area contributed by atoms with E-state index in [0.29, 0.717) is 44.6 Å². The monoisotopic (exact) mass is 473 g/mol. The highest BCUT2D eigenvalue weighted by atomic mass is 35.5. The SMILES string of the molecule is COc1ccc(C2CC(=O)Nc3c2sc(C(=O)O)c3-c2ccc(Cl)cc2)c(OC)c1OC. The highest BCUT2D eigenvalue weighted by molar-refractivity contribution is 7.15. The summed E-state index contributed by atoms with van der Waals surface area (Å²) in [4.78, 5) is 25.7. The van der Waals surface area contributed by atoms with E-state index >= 15 is 0 Å². The van der Waals surface area contributed by atoms with Gasteiger partial charge in [0.05, 0.1) is 27.0 Å². The number of methoxy groups -OCH3 is 3. The Balaban J connectivity index is 1.96. The summed E-state index contributed by atoms with van der Waals surface area (Å²) in [7, 11) is 4.55. The molecule has 1 aromatic heterocycles. The lowest BCUT2D eigenvalue weighted by Gasteiger charge is -2.26. The van der Waals surface area contributed by atoms with E-state index in [9.17, 15) is 14.7 Å². The van der Waals surface area contributed by atoms with E-state index in [2.05, 4.69) is 5.32 Å². The second-order valence-electron chi connectivity index (χ2n) is 7.09. The predicted octanol–water partition coefficient (Wildman–Crippen LogP) is 5.27. The third-order valence-electron chi connectivity index (χ3n) is 5.34. The van der Waals surface area contributed by atoms with Gasteiger partial charge in [-0.3, -0.25) is 4.79 Å². The highest BCUT2D eigenvalue weighted by Crippen LogP contribution is 2.53. The number of rotatable bonds is 6. The topological polar surface area (TPSA) is 94.1 Å². The number of amides is 1. The second-order valence-corrected chi connectivity index (χ2v) is 8.57. The van der Waals surface area contributed by atoms with E-state index < -0.39 is 11.9 Å². The van der Waals surface area contributed by atoms with Gasteiger partial charge in [-0.1, -0.05) is 29.8 Å². The number of aromatic carboxylic acids is 1.